The van der Waals surface area contributed by atoms with Crippen molar-refractivity contribution in [2.45, 2.75) is 26.8 Å². The highest BCUT2D eigenvalue weighted by molar-refractivity contribution is 5.87. The van der Waals surface area contributed by atoms with E-state index in [9.17, 15) is 9.18 Å². The third-order valence-corrected chi connectivity index (χ3v) is 3.05. The summed E-state index contributed by atoms with van der Waals surface area (Å²) in [5.41, 5.74) is 2.08. The number of aryl methyl sites for hydroxylation is 1. The van der Waals surface area contributed by atoms with Gasteiger partial charge in [-0.05, 0) is 43.2 Å². The molecule has 1 aromatic carbocycles. The second kappa shape index (κ2) is 5.26. The minimum Gasteiger partial charge on any atom is -0.477 e. The standard InChI is InChI=1S/C15H16FNO2/c1-3-8-17-13(6-7-14(17)15(18)19)11-5-4-10(2)9-12(11)16/h4-7,9H,3,8H2,1-2H3,(H,18,19). The molecule has 2 rings (SSSR count). The van der Waals surface area contributed by atoms with Crippen molar-refractivity contribution in [1.29, 1.82) is 0 Å². The fourth-order valence-electron chi connectivity index (χ4n) is 2.18. The first-order valence-corrected chi connectivity index (χ1v) is 6.24. The van der Waals surface area contributed by atoms with E-state index in [1.165, 1.54) is 12.1 Å². The molecule has 3 nitrogen and oxygen atoms in total. The molecule has 1 N–H and O–H groups in total. The Bertz CT molecular complexity index is 617. The van der Waals surface area contributed by atoms with Crippen LogP contribution in [-0.4, -0.2) is 15.6 Å². The first-order valence-electron chi connectivity index (χ1n) is 6.24. The monoisotopic (exact) mass is 261 g/mol. The maximum atomic E-state index is 14.0. The van der Waals surface area contributed by atoms with Crippen LogP contribution >= 0.6 is 0 Å². The predicted octanol–water partition coefficient (Wildman–Crippen LogP) is 3.71. The summed E-state index contributed by atoms with van der Waals surface area (Å²) >= 11 is 0. The molecule has 2 aromatic rings. The molecule has 0 aliphatic carbocycles. The molecule has 0 spiro atoms. The number of nitrogens with zero attached hydrogens (tertiary/aromatic N) is 1. The minimum atomic E-state index is -0.993. The zero-order chi connectivity index (χ0) is 14.0. The Labute approximate surface area is 111 Å². The Hall–Kier alpha value is -2.10. The van der Waals surface area contributed by atoms with Gasteiger partial charge in [-0.25, -0.2) is 9.18 Å². The molecule has 0 atom stereocenters. The van der Waals surface area contributed by atoms with Crippen molar-refractivity contribution in [3.8, 4) is 11.3 Å². The fourth-order valence-corrected chi connectivity index (χ4v) is 2.18. The van der Waals surface area contributed by atoms with Gasteiger partial charge in [-0.2, -0.15) is 0 Å². The Morgan fingerprint density at radius 3 is 2.63 bits per heavy atom. The number of aromatic nitrogens is 1. The number of carboxylic acids is 1. The van der Waals surface area contributed by atoms with E-state index in [0.29, 0.717) is 17.8 Å². The van der Waals surface area contributed by atoms with Gasteiger partial charge in [0.1, 0.15) is 11.5 Å². The molecular formula is C15H16FNO2. The zero-order valence-electron chi connectivity index (χ0n) is 11.0. The Morgan fingerprint density at radius 2 is 2.05 bits per heavy atom. The second-order valence-electron chi connectivity index (χ2n) is 4.54. The molecule has 0 bridgehead atoms. The molecule has 0 amide bonds. The normalized spacial score (nSPS) is 10.7. The summed E-state index contributed by atoms with van der Waals surface area (Å²) in [7, 11) is 0. The SMILES string of the molecule is CCCn1c(C(=O)O)ccc1-c1ccc(C)cc1F. The lowest BCUT2D eigenvalue weighted by Crippen LogP contribution is -2.09. The van der Waals surface area contributed by atoms with Crippen molar-refractivity contribution in [1.82, 2.24) is 4.57 Å². The van der Waals surface area contributed by atoms with Crippen molar-refractivity contribution < 1.29 is 14.3 Å². The zero-order valence-corrected chi connectivity index (χ0v) is 11.0. The van der Waals surface area contributed by atoms with Crippen LogP contribution in [0.2, 0.25) is 0 Å². The third-order valence-electron chi connectivity index (χ3n) is 3.05. The number of hydrogen-bond donors (Lipinski definition) is 1. The van der Waals surface area contributed by atoms with Gasteiger partial charge in [0, 0.05) is 12.1 Å². The number of aromatic carboxylic acids is 1. The number of hydrogen-bond acceptors (Lipinski definition) is 1. The molecule has 100 valence electrons. The molecular weight excluding hydrogens is 245 g/mol. The van der Waals surface area contributed by atoms with Crippen molar-refractivity contribution in [2.75, 3.05) is 0 Å². The van der Waals surface area contributed by atoms with Crippen LogP contribution in [0.25, 0.3) is 11.3 Å². The number of rotatable bonds is 4. The van der Waals surface area contributed by atoms with Gasteiger partial charge in [0.2, 0.25) is 0 Å². The summed E-state index contributed by atoms with van der Waals surface area (Å²) in [6, 6.07) is 8.15. The van der Waals surface area contributed by atoms with Crippen molar-refractivity contribution >= 4 is 5.97 Å². The van der Waals surface area contributed by atoms with Gasteiger partial charge in [-0.15, -0.1) is 0 Å². The lowest BCUT2D eigenvalue weighted by atomic mass is 10.1. The van der Waals surface area contributed by atoms with Crippen LogP contribution in [0.15, 0.2) is 30.3 Å². The van der Waals surface area contributed by atoms with Crippen LogP contribution in [0.5, 0.6) is 0 Å². The van der Waals surface area contributed by atoms with Crippen molar-refractivity contribution in [3.63, 3.8) is 0 Å². The number of benzene rings is 1. The van der Waals surface area contributed by atoms with Crippen LogP contribution < -0.4 is 0 Å². The van der Waals surface area contributed by atoms with Gasteiger partial charge in [-0.1, -0.05) is 13.0 Å². The number of carbonyl (C=O) groups is 1. The maximum absolute atomic E-state index is 14.0. The lowest BCUT2D eigenvalue weighted by Gasteiger charge is -2.11. The van der Waals surface area contributed by atoms with Crippen LogP contribution in [0, 0.1) is 12.7 Å². The first-order chi connectivity index (χ1) is 9.04. The van der Waals surface area contributed by atoms with E-state index in [1.54, 1.807) is 16.7 Å². The van der Waals surface area contributed by atoms with E-state index >= 15 is 0 Å². The average Bonchev–Trinajstić information content (AvgIpc) is 2.73. The van der Waals surface area contributed by atoms with Gasteiger partial charge in [0.25, 0.3) is 0 Å². The molecule has 0 fully saturated rings. The Morgan fingerprint density at radius 1 is 1.32 bits per heavy atom. The summed E-state index contributed by atoms with van der Waals surface area (Å²) in [5.74, 6) is -1.32. The second-order valence-corrected chi connectivity index (χ2v) is 4.54. The molecule has 0 radical (unpaired) electrons. The highest BCUT2D eigenvalue weighted by Gasteiger charge is 2.16. The molecule has 4 heteroatoms. The van der Waals surface area contributed by atoms with Gasteiger partial charge in [0.05, 0.1) is 5.69 Å². The number of halogens is 1. The van der Waals surface area contributed by atoms with E-state index in [4.69, 9.17) is 5.11 Å². The molecule has 19 heavy (non-hydrogen) atoms. The Kier molecular flexibility index (Phi) is 3.69. The van der Waals surface area contributed by atoms with E-state index < -0.39 is 5.97 Å². The highest BCUT2D eigenvalue weighted by atomic mass is 19.1. The molecule has 0 saturated heterocycles. The summed E-state index contributed by atoms with van der Waals surface area (Å²) in [6.07, 6.45) is 0.787. The van der Waals surface area contributed by atoms with E-state index in [2.05, 4.69) is 0 Å². The molecule has 0 aliphatic rings. The predicted molar refractivity (Wildman–Crippen MR) is 71.8 cm³/mol. The highest BCUT2D eigenvalue weighted by Crippen LogP contribution is 2.26. The van der Waals surface area contributed by atoms with Crippen molar-refractivity contribution in [2.24, 2.45) is 0 Å². The molecule has 1 aromatic heterocycles. The van der Waals surface area contributed by atoms with Crippen LogP contribution in [0.4, 0.5) is 4.39 Å². The molecule has 0 aliphatic heterocycles. The van der Waals surface area contributed by atoms with Crippen LogP contribution in [-0.2, 0) is 6.54 Å². The van der Waals surface area contributed by atoms with Gasteiger partial charge in [0.15, 0.2) is 0 Å². The van der Waals surface area contributed by atoms with Crippen LogP contribution in [0.1, 0.15) is 29.4 Å². The van der Waals surface area contributed by atoms with Gasteiger partial charge in [-0.3, -0.25) is 0 Å². The van der Waals surface area contributed by atoms with Crippen molar-refractivity contribution in [3.05, 3.63) is 47.4 Å². The van der Waals surface area contributed by atoms with E-state index in [0.717, 1.165) is 12.0 Å². The maximum Gasteiger partial charge on any atom is 0.352 e. The molecule has 1 heterocycles. The summed E-state index contributed by atoms with van der Waals surface area (Å²) in [4.78, 5) is 11.2. The average molecular weight is 261 g/mol. The first kappa shape index (κ1) is 13.3. The van der Waals surface area contributed by atoms with E-state index in [1.807, 2.05) is 19.9 Å². The summed E-state index contributed by atoms with van der Waals surface area (Å²) < 4.78 is 15.7. The van der Waals surface area contributed by atoms with Gasteiger partial charge < -0.3 is 9.67 Å². The fraction of sp³-hybridized carbons (Fsp3) is 0.267. The van der Waals surface area contributed by atoms with Gasteiger partial charge >= 0.3 is 5.97 Å². The lowest BCUT2D eigenvalue weighted by molar-refractivity contribution is 0.0685. The van der Waals surface area contributed by atoms with Crippen LogP contribution in [0.3, 0.4) is 0 Å². The smallest absolute Gasteiger partial charge is 0.352 e. The molecule has 0 saturated carbocycles. The minimum absolute atomic E-state index is 0.192. The number of carboxylic acid groups (broad SMARTS) is 1. The van der Waals surface area contributed by atoms with E-state index in [-0.39, 0.29) is 11.5 Å². The molecule has 0 unspecified atom stereocenters. The topological polar surface area (TPSA) is 42.2 Å². The quantitative estimate of drug-likeness (QED) is 0.911. The Balaban J connectivity index is 2.58. The third kappa shape index (κ3) is 2.52. The largest absolute Gasteiger partial charge is 0.477 e. The summed E-state index contributed by atoms with van der Waals surface area (Å²) in [5, 5.41) is 9.15. The summed E-state index contributed by atoms with van der Waals surface area (Å²) in [6.45, 7) is 4.33.